The molecule has 1 aromatic carbocycles. The van der Waals surface area contributed by atoms with Crippen molar-refractivity contribution in [1.82, 2.24) is 4.90 Å². The molecule has 0 aliphatic carbocycles. The van der Waals surface area contributed by atoms with E-state index in [9.17, 15) is 9.59 Å². The van der Waals surface area contributed by atoms with Gasteiger partial charge in [-0.25, -0.2) is 4.79 Å². The summed E-state index contributed by atoms with van der Waals surface area (Å²) < 4.78 is 4.94. The third kappa shape index (κ3) is 5.25. The lowest BCUT2D eigenvalue weighted by Gasteiger charge is -2.26. The minimum Gasteiger partial charge on any atom is -0.452 e. The molecule has 0 fully saturated rings. The van der Waals surface area contributed by atoms with Crippen molar-refractivity contribution in [3.63, 3.8) is 0 Å². The van der Waals surface area contributed by atoms with Crippen LogP contribution in [-0.4, -0.2) is 36.5 Å². The molecule has 0 radical (unpaired) electrons. The maximum Gasteiger partial charge on any atom is 0.331 e. The number of rotatable bonds is 5. The van der Waals surface area contributed by atoms with Gasteiger partial charge in [-0.3, -0.25) is 4.79 Å². The molecule has 1 amide bonds. The fraction of sp³-hybridized carbons (Fsp3) is 0.263. The van der Waals surface area contributed by atoms with Crippen molar-refractivity contribution in [2.45, 2.75) is 13.3 Å². The summed E-state index contributed by atoms with van der Waals surface area (Å²) in [7, 11) is 0. The summed E-state index contributed by atoms with van der Waals surface area (Å²) in [6.45, 7) is 2.83. The molecule has 0 N–H and O–H groups in total. The van der Waals surface area contributed by atoms with E-state index in [1.165, 1.54) is 17.2 Å². The Labute approximate surface area is 136 Å². The Hall–Kier alpha value is -2.62. The van der Waals surface area contributed by atoms with Gasteiger partial charge in [0.05, 0.1) is 0 Å². The Morgan fingerprint density at radius 3 is 2.65 bits per heavy atom. The van der Waals surface area contributed by atoms with Crippen LogP contribution in [0.15, 0.2) is 60.7 Å². The number of allylic oxidation sites excluding steroid dienone is 3. The minimum absolute atomic E-state index is 0.166. The van der Waals surface area contributed by atoms with Crippen molar-refractivity contribution < 1.29 is 14.3 Å². The van der Waals surface area contributed by atoms with Crippen LogP contribution in [0.25, 0.3) is 5.57 Å². The average molecular weight is 311 g/mol. The highest BCUT2D eigenvalue weighted by Crippen LogP contribution is 2.21. The van der Waals surface area contributed by atoms with Crippen LogP contribution in [0.2, 0.25) is 0 Å². The standard InChI is InChI=1S/C19H21NO3/c1-2-3-5-10-19(22)23-15-18(21)20-13-11-17(12-14-20)16-8-6-4-7-9-16/h2-11H,12-15H2,1H3/b3-2+,10-5+. The highest BCUT2D eigenvalue weighted by atomic mass is 16.5. The summed E-state index contributed by atoms with van der Waals surface area (Å²) >= 11 is 0. The molecule has 1 heterocycles. The highest BCUT2D eigenvalue weighted by Gasteiger charge is 2.18. The van der Waals surface area contributed by atoms with E-state index in [2.05, 4.69) is 18.2 Å². The number of hydrogen-bond donors (Lipinski definition) is 0. The highest BCUT2D eigenvalue weighted by molar-refractivity contribution is 5.86. The van der Waals surface area contributed by atoms with E-state index in [-0.39, 0.29) is 12.5 Å². The first kappa shape index (κ1) is 16.7. The third-order valence-electron chi connectivity index (χ3n) is 3.58. The van der Waals surface area contributed by atoms with Crippen molar-refractivity contribution in [2.75, 3.05) is 19.7 Å². The van der Waals surface area contributed by atoms with E-state index in [0.717, 1.165) is 6.42 Å². The number of esters is 1. The summed E-state index contributed by atoms with van der Waals surface area (Å²) in [5.74, 6) is -0.671. The quantitative estimate of drug-likeness (QED) is 0.477. The average Bonchev–Trinajstić information content (AvgIpc) is 2.61. The second-order valence-electron chi connectivity index (χ2n) is 5.18. The van der Waals surface area contributed by atoms with Gasteiger partial charge >= 0.3 is 5.97 Å². The van der Waals surface area contributed by atoms with Crippen LogP contribution in [0.4, 0.5) is 0 Å². The fourth-order valence-electron chi connectivity index (χ4n) is 2.33. The molecule has 0 unspecified atom stereocenters. The molecule has 1 aliphatic rings. The summed E-state index contributed by atoms with van der Waals surface area (Å²) in [6, 6.07) is 10.1. The lowest BCUT2D eigenvalue weighted by atomic mass is 10.00. The van der Waals surface area contributed by atoms with Crippen LogP contribution in [0.1, 0.15) is 18.9 Å². The first-order valence-corrected chi connectivity index (χ1v) is 7.69. The number of carbonyl (C=O) groups is 2. The van der Waals surface area contributed by atoms with Crippen molar-refractivity contribution in [2.24, 2.45) is 0 Å². The third-order valence-corrected chi connectivity index (χ3v) is 3.58. The van der Waals surface area contributed by atoms with Crippen molar-refractivity contribution in [3.8, 4) is 0 Å². The summed E-state index contributed by atoms with van der Waals surface area (Å²) in [4.78, 5) is 25.2. The SMILES string of the molecule is C/C=C/C=C/C(=O)OCC(=O)N1CC=C(c2ccccc2)CC1. The zero-order valence-electron chi connectivity index (χ0n) is 13.3. The molecule has 0 saturated heterocycles. The Kier molecular flexibility index (Phi) is 6.36. The predicted molar refractivity (Wildman–Crippen MR) is 90.5 cm³/mol. The summed E-state index contributed by atoms with van der Waals surface area (Å²) in [5.41, 5.74) is 2.45. The van der Waals surface area contributed by atoms with Crippen molar-refractivity contribution in [1.29, 1.82) is 0 Å². The van der Waals surface area contributed by atoms with E-state index >= 15 is 0 Å². The normalized spacial score (nSPS) is 15.0. The molecule has 4 heteroatoms. The van der Waals surface area contributed by atoms with Crippen molar-refractivity contribution in [3.05, 3.63) is 66.3 Å². The van der Waals surface area contributed by atoms with E-state index in [0.29, 0.717) is 13.1 Å². The molecular formula is C19H21NO3. The van der Waals surface area contributed by atoms with Crippen LogP contribution >= 0.6 is 0 Å². The lowest BCUT2D eigenvalue weighted by Crippen LogP contribution is -2.37. The van der Waals surface area contributed by atoms with Gasteiger partial charge in [0.1, 0.15) is 0 Å². The molecule has 0 spiro atoms. The Balaban J connectivity index is 1.81. The minimum atomic E-state index is -0.506. The molecule has 23 heavy (non-hydrogen) atoms. The van der Waals surface area contributed by atoms with Gasteiger partial charge in [0.2, 0.25) is 0 Å². The Morgan fingerprint density at radius 2 is 2.00 bits per heavy atom. The summed E-state index contributed by atoms with van der Waals surface area (Å²) in [5, 5.41) is 0. The van der Waals surface area contributed by atoms with Crippen molar-refractivity contribution >= 4 is 17.4 Å². The Bertz CT molecular complexity index is 629. The molecule has 4 nitrogen and oxygen atoms in total. The number of carbonyl (C=O) groups excluding carboxylic acids is 2. The number of ether oxygens (including phenoxy) is 1. The second kappa shape index (κ2) is 8.73. The first-order chi connectivity index (χ1) is 11.2. The summed E-state index contributed by atoms with van der Waals surface area (Å²) in [6.07, 6.45) is 9.29. The van der Waals surface area contributed by atoms with Gasteiger partial charge in [0.25, 0.3) is 5.91 Å². The monoisotopic (exact) mass is 311 g/mol. The largest absolute Gasteiger partial charge is 0.452 e. The van der Waals surface area contributed by atoms with Gasteiger partial charge in [-0.1, -0.05) is 54.6 Å². The molecule has 0 atom stereocenters. The van der Waals surface area contributed by atoms with Crippen LogP contribution in [0.5, 0.6) is 0 Å². The van der Waals surface area contributed by atoms with Gasteiger partial charge in [-0.05, 0) is 24.5 Å². The Morgan fingerprint density at radius 1 is 1.22 bits per heavy atom. The van der Waals surface area contributed by atoms with Gasteiger partial charge in [-0.2, -0.15) is 0 Å². The van der Waals surface area contributed by atoms with Gasteiger partial charge in [0.15, 0.2) is 6.61 Å². The van der Waals surface area contributed by atoms with E-state index < -0.39 is 5.97 Å². The topological polar surface area (TPSA) is 46.6 Å². The number of benzene rings is 1. The fourth-order valence-corrected chi connectivity index (χ4v) is 2.33. The van der Waals surface area contributed by atoms with Crippen LogP contribution in [0.3, 0.4) is 0 Å². The number of nitrogens with zero attached hydrogens (tertiary/aromatic N) is 1. The lowest BCUT2D eigenvalue weighted by molar-refractivity contribution is -0.148. The molecular weight excluding hydrogens is 290 g/mol. The zero-order valence-corrected chi connectivity index (χ0v) is 13.3. The molecule has 0 aromatic heterocycles. The van der Waals surface area contributed by atoms with Gasteiger partial charge < -0.3 is 9.64 Å². The molecule has 0 bridgehead atoms. The number of hydrogen-bond acceptors (Lipinski definition) is 3. The van der Waals surface area contributed by atoms with Gasteiger partial charge in [-0.15, -0.1) is 0 Å². The van der Waals surface area contributed by atoms with Crippen LogP contribution in [0, 0.1) is 0 Å². The molecule has 1 aliphatic heterocycles. The predicted octanol–water partition coefficient (Wildman–Crippen LogP) is 2.98. The van der Waals surface area contributed by atoms with Gasteiger partial charge in [0, 0.05) is 19.2 Å². The van der Waals surface area contributed by atoms with Crippen LogP contribution in [-0.2, 0) is 14.3 Å². The zero-order chi connectivity index (χ0) is 16.5. The number of amides is 1. The maximum atomic E-state index is 12.1. The smallest absolute Gasteiger partial charge is 0.331 e. The molecule has 0 saturated carbocycles. The molecule has 2 rings (SSSR count). The first-order valence-electron chi connectivity index (χ1n) is 7.69. The molecule has 120 valence electrons. The molecule has 1 aromatic rings. The van der Waals surface area contributed by atoms with E-state index in [1.807, 2.05) is 25.1 Å². The second-order valence-corrected chi connectivity index (χ2v) is 5.18. The van der Waals surface area contributed by atoms with E-state index in [1.54, 1.807) is 23.1 Å². The van der Waals surface area contributed by atoms with Crippen LogP contribution < -0.4 is 0 Å². The maximum absolute atomic E-state index is 12.1. The van der Waals surface area contributed by atoms with E-state index in [4.69, 9.17) is 4.74 Å².